The molecule has 25 heavy (non-hydrogen) atoms. The van der Waals surface area contributed by atoms with Crippen molar-refractivity contribution in [3.63, 3.8) is 0 Å². The summed E-state index contributed by atoms with van der Waals surface area (Å²) >= 11 is 0. The highest BCUT2D eigenvalue weighted by molar-refractivity contribution is 5.98. The molecule has 136 valence electrons. The van der Waals surface area contributed by atoms with Crippen molar-refractivity contribution in [3.8, 4) is 5.82 Å². The normalized spacial score (nSPS) is 12.3. The second kappa shape index (κ2) is 7.55. The van der Waals surface area contributed by atoms with Crippen LogP contribution in [0.25, 0.3) is 5.82 Å². The van der Waals surface area contributed by atoms with Gasteiger partial charge in [-0.2, -0.15) is 0 Å². The van der Waals surface area contributed by atoms with Gasteiger partial charge in [0, 0.05) is 24.5 Å². The fraction of sp³-hybridized carbons (Fsp3) is 0.500. The Labute approximate surface area is 147 Å². The van der Waals surface area contributed by atoms with Crippen molar-refractivity contribution in [1.29, 1.82) is 0 Å². The number of amides is 2. The van der Waals surface area contributed by atoms with Crippen molar-refractivity contribution in [2.24, 2.45) is 5.92 Å². The summed E-state index contributed by atoms with van der Waals surface area (Å²) in [6.45, 7) is 9.60. The molecule has 0 bridgehead atoms. The lowest BCUT2D eigenvalue weighted by Crippen LogP contribution is -2.46. The number of rotatable bonds is 6. The van der Waals surface area contributed by atoms with Gasteiger partial charge in [0.1, 0.15) is 11.8 Å². The molecule has 0 saturated heterocycles. The molecule has 7 nitrogen and oxygen atoms in total. The average Bonchev–Trinajstić information content (AvgIpc) is 3.08. The van der Waals surface area contributed by atoms with Crippen LogP contribution in [0.5, 0.6) is 0 Å². The first-order valence-electron chi connectivity index (χ1n) is 8.39. The van der Waals surface area contributed by atoms with E-state index < -0.39 is 6.04 Å². The quantitative estimate of drug-likeness (QED) is 0.840. The van der Waals surface area contributed by atoms with Crippen molar-refractivity contribution >= 4 is 11.8 Å². The van der Waals surface area contributed by atoms with E-state index in [1.165, 1.54) is 0 Å². The maximum atomic E-state index is 12.7. The van der Waals surface area contributed by atoms with Gasteiger partial charge in [-0.15, -0.1) is 0 Å². The van der Waals surface area contributed by atoms with E-state index in [0.717, 1.165) is 11.4 Å². The van der Waals surface area contributed by atoms with Crippen LogP contribution in [-0.4, -0.2) is 34.6 Å². The second-order valence-corrected chi connectivity index (χ2v) is 6.69. The minimum absolute atomic E-state index is 0.192. The molecule has 0 fully saturated rings. The zero-order valence-corrected chi connectivity index (χ0v) is 15.6. The predicted molar refractivity (Wildman–Crippen MR) is 94.8 cm³/mol. The van der Waals surface area contributed by atoms with Gasteiger partial charge in [0.25, 0.3) is 5.91 Å². The van der Waals surface area contributed by atoms with Gasteiger partial charge >= 0.3 is 0 Å². The van der Waals surface area contributed by atoms with Gasteiger partial charge in [0.2, 0.25) is 5.91 Å². The molecule has 2 N–H and O–H groups in total. The molecule has 0 radical (unpaired) electrons. The van der Waals surface area contributed by atoms with Crippen molar-refractivity contribution in [2.45, 2.75) is 47.1 Å². The second-order valence-electron chi connectivity index (χ2n) is 6.69. The largest absolute Gasteiger partial charge is 0.360 e. The van der Waals surface area contributed by atoms with Gasteiger partial charge in [-0.3, -0.25) is 14.2 Å². The summed E-state index contributed by atoms with van der Waals surface area (Å²) < 4.78 is 6.99. The van der Waals surface area contributed by atoms with E-state index in [1.807, 2.05) is 45.3 Å². The SMILES string of the molecule is CNC(=O)C(CC(C)C)NC(=O)c1cc(C)n(-c2cc(C)on2)c1C. The van der Waals surface area contributed by atoms with Gasteiger partial charge in [0.05, 0.1) is 5.56 Å². The van der Waals surface area contributed by atoms with Crippen LogP contribution in [-0.2, 0) is 4.79 Å². The number of hydrogen-bond donors (Lipinski definition) is 2. The smallest absolute Gasteiger partial charge is 0.253 e. The molecule has 0 aliphatic rings. The van der Waals surface area contributed by atoms with E-state index in [2.05, 4.69) is 15.8 Å². The molecule has 0 spiro atoms. The van der Waals surface area contributed by atoms with Gasteiger partial charge < -0.3 is 15.2 Å². The van der Waals surface area contributed by atoms with E-state index in [9.17, 15) is 9.59 Å². The molecule has 2 amide bonds. The Bertz CT molecular complexity index is 773. The third-order valence-electron chi connectivity index (χ3n) is 4.10. The van der Waals surface area contributed by atoms with Crippen LogP contribution in [0.15, 0.2) is 16.7 Å². The molecule has 2 rings (SSSR count). The number of aromatic nitrogens is 2. The third-order valence-corrected chi connectivity index (χ3v) is 4.10. The Morgan fingerprint density at radius 1 is 1.24 bits per heavy atom. The molecule has 2 aromatic rings. The Balaban J connectivity index is 2.29. The summed E-state index contributed by atoms with van der Waals surface area (Å²) in [5.74, 6) is 1.16. The number of nitrogens with zero attached hydrogens (tertiary/aromatic N) is 2. The molecule has 0 aliphatic carbocycles. The van der Waals surface area contributed by atoms with E-state index in [0.29, 0.717) is 23.6 Å². The van der Waals surface area contributed by atoms with Crippen LogP contribution >= 0.6 is 0 Å². The van der Waals surface area contributed by atoms with Crippen molar-refractivity contribution in [3.05, 3.63) is 34.8 Å². The lowest BCUT2D eigenvalue weighted by molar-refractivity contribution is -0.122. The first-order chi connectivity index (χ1) is 11.7. The monoisotopic (exact) mass is 346 g/mol. The summed E-state index contributed by atoms with van der Waals surface area (Å²) in [5, 5.41) is 9.47. The average molecular weight is 346 g/mol. The lowest BCUT2D eigenvalue weighted by atomic mass is 10.0. The molecule has 7 heteroatoms. The van der Waals surface area contributed by atoms with Gasteiger partial charge in [-0.05, 0) is 39.2 Å². The molecule has 2 aromatic heterocycles. The summed E-state index contributed by atoms with van der Waals surface area (Å²) in [4.78, 5) is 24.8. The zero-order valence-electron chi connectivity index (χ0n) is 15.6. The minimum Gasteiger partial charge on any atom is -0.360 e. The van der Waals surface area contributed by atoms with Crippen LogP contribution in [0, 0.1) is 26.7 Å². The Hall–Kier alpha value is -2.57. The highest BCUT2D eigenvalue weighted by Crippen LogP contribution is 2.21. The van der Waals surface area contributed by atoms with Crippen LogP contribution in [0.1, 0.15) is 47.8 Å². The number of nitrogens with one attached hydrogen (secondary N) is 2. The molecule has 0 aliphatic heterocycles. The lowest BCUT2D eigenvalue weighted by Gasteiger charge is -2.19. The number of hydrogen-bond acceptors (Lipinski definition) is 4. The maximum absolute atomic E-state index is 12.7. The summed E-state index contributed by atoms with van der Waals surface area (Å²) in [6.07, 6.45) is 0.576. The van der Waals surface area contributed by atoms with Gasteiger partial charge in [-0.1, -0.05) is 19.0 Å². The molecule has 1 unspecified atom stereocenters. The first kappa shape index (κ1) is 18.8. The molecule has 0 aromatic carbocycles. The van der Waals surface area contributed by atoms with E-state index in [1.54, 1.807) is 13.1 Å². The number of carbonyl (C=O) groups excluding carboxylic acids is 2. The maximum Gasteiger partial charge on any atom is 0.253 e. The fourth-order valence-corrected chi connectivity index (χ4v) is 2.92. The highest BCUT2D eigenvalue weighted by Gasteiger charge is 2.24. The van der Waals surface area contributed by atoms with Crippen LogP contribution in [0.2, 0.25) is 0 Å². The van der Waals surface area contributed by atoms with Crippen LogP contribution in [0.4, 0.5) is 0 Å². The predicted octanol–water partition coefficient (Wildman–Crippen LogP) is 2.28. The van der Waals surface area contributed by atoms with Crippen molar-refractivity contribution in [1.82, 2.24) is 20.4 Å². The van der Waals surface area contributed by atoms with Crippen molar-refractivity contribution in [2.75, 3.05) is 7.05 Å². The first-order valence-corrected chi connectivity index (χ1v) is 8.39. The minimum atomic E-state index is -0.560. The molecular formula is C18H26N4O3. The van der Waals surface area contributed by atoms with E-state index in [4.69, 9.17) is 4.52 Å². The Kier molecular flexibility index (Phi) is 5.66. The third kappa shape index (κ3) is 4.10. The zero-order chi connectivity index (χ0) is 18.7. The summed E-state index contributed by atoms with van der Waals surface area (Å²) in [6, 6.07) is 3.05. The van der Waals surface area contributed by atoms with Gasteiger partial charge in [-0.25, -0.2) is 0 Å². The van der Waals surface area contributed by atoms with Crippen LogP contribution < -0.4 is 10.6 Å². The molecule has 0 saturated carbocycles. The standard InChI is InChI=1S/C18H26N4O3/c1-10(2)7-15(18(24)19-6)20-17(23)14-8-11(3)22(13(14)5)16-9-12(4)25-21-16/h8-10,15H,7H2,1-6H3,(H,19,24)(H,20,23). The number of likely N-dealkylation sites (N-methyl/N-ethyl adjacent to an activating group) is 1. The van der Waals surface area contributed by atoms with Crippen LogP contribution in [0.3, 0.4) is 0 Å². The summed E-state index contributed by atoms with van der Waals surface area (Å²) in [7, 11) is 1.57. The highest BCUT2D eigenvalue weighted by atomic mass is 16.5. The topological polar surface area (TPSA) is 89.2 Å². The molecule has 2 heterocycles. The molecule has 1 atom stereocenters. The fourth-order valence-electron chi connectivity index (χ4n) is 2.92. The van der Waals surface area contributed by atoms with E-state index in [-0.39, 0.29) is 17.7 Å². The Morgan fingerprint density at radius 2 is 1.92 bits per heavy atom. The van der Waals surface area contributed by atoms with E-state index >= 15 is 0 Å². The van der Waals surface area contributed by atoms with Crippen molar-refractivity contribution < 1.29 is 14.1 Å². The molecular weight excluding hydrogens is 320 g/mol. The number of carbonyl (C=O) groups is 2. The summed E-state index contributed by atoms with van der Waals surface area (Å²) in [5.41, 5.74) is 2.15. The van der Waals surface area contributed by atoms with Gasteiger partial charge in [0.15, 0.2) is 5.82 Å². The number of aryl methyl sites for hydroxylation is 2. The Morgan fingerprint density at radius 3 is 2.44 bits per heavy atom.